The number of fused-ring (bicyclic) bond motifs is 5. The molecule has 0 aromatic rings. The Hall–Kier alpha value is -1.59. The zero-order chi connectivity index (χ0) is 13.7. The summed E-state index contributed by atoms with van der Waals surface area (Å²) in [5.41, 5.74) is 0. The summed E-state index contributed by atoms with van der Waals surface area (Å²) in [7, 11) is 0. The quantitative estimate of drug-likeness (QED) is 0.529. The Labute approximate surface area is 110 Å². The van der Waals surface area contributed by atoms with Crippen LogP contribution in [0, 0.1) is 23.7 Å². The van der Waals surface area contributed by atoms with Gasteiger partial charge in [-0.15, -0.1) is 0 Å². The SMILES string of the molecule is CC(=O)O[C@H]1[C@@H]2C[C@@H](OC(C)=O)[C@@H]1[C@H]1COC(=O)[C@@H]21. The molecular weight excluding hydrogens is 252 g/mol. The fourth-order valence-electron chi connectivity index (χ4n) is 4.02. The fourth-order valence-corrected chi connectivity index (χ4v) is 4.02. The summed E-state index contributed by atoms with van der Waals surface area (Å²) >= 11 is 0. The van der Waals surface area contributed by atoms with Gasteiger partial charge in [-0.1, -0.05) is 0 Å². The molecule has 6 heteroatoms. The van der Waals surface area contributed by atoms with Crippen molar-refractivity contribution in [3.05, 3.63) is 0 Å². The molecule has 104 valence electrons. The van der Waals surface area contributed by atoms with Gasteiger partial charge < -0.3 is 14.2 Å². The third-order valence-electron chi connectivity index (χ3n) is 4.46. The molecular formula is C13H16O6. The van der Waals surface area contributed by atoms with Gasteiger partial charge in [0.05, 0.1) is 12.5 Å². The molecule has 0 unspecified atom stereocenters. The molecule has 2 aliphatic carbocycles. The van der Waals surface area contributed by atoms with Gasteiger partial charge >= 0.3 is 17.9 Å². The van der Waals surface area contributed by atoms with Gasteiger partial charge in [-0.25, -0.2) is 0 Å². The van der Waals surface area contributed by atoms with Crippen molar-refractivity contribution in [2.75, 3.05) is 6.61 Å². The molecule has 6 atom stereocenters. The van der Waals surface area contributed by atoms with Gasteiger partial charge in [-0.05, 0) is 6.42 Å². The van der Waals surface area contributed by atoms with Crippen molar-refractivity contribution in [2.45, 2.75) is 32.5 Å². The summed E-state index contributed by atoms with van der Waals surface area (Å²) in [6.07, 6.45) is -0.0364. The minimum absolute atomic E-state index is 0.0000463. The Kier molecular flexibility index (Phi) is 2.76. The van der Waals surface area contributed by atoms with Gasteiger partial charge in [0.2, 0.25) is 0 Å². The van der Waals surface area contributed by atoms with Crippen LogP contribution in [0.15, 0.2) is 0 Å². The maximum Gasteiger partial charge on any atom is 0.309 e. The smallest absolute Gasteiger partial charge is 0.309 e. The molecule has 0 spiro atoms. The van der Waals surface area contributed by atoms with Crippen LogP contribution in [0.25, 0.3) is 0 Å². The van der Waals surface area contributed by atoms with Crippen LogP contribution in [0.4, 0.5) is 0 Å². The Bertz CT molecular complexity index is 444. The zero-order valence-corrected chi connectivity index (χ0v) is 10.8. The first-order valence-electron chi connectivity index (χ1n) is 6.50. The van der Waals surface area contributed by atoms with Crippen LogP contribution in [0.5, 0.6) is 0 Å². The lowest BCUT2D eigenvalue weighted by Gasteiger charge is -2.27. The molecule has 1 aliphatic heterocycles. The molecule has 0 amide bonds. The van der Waals surface area contributed by atoms with E-state index in [-0.39, 0.29) is 53.8 Å². The van der Waals surface area contributed by atoms with E-state index < -0.39 is 0 Å². The van der Waals surface area contributed by atoms with Crippen molar-refractivity contribution in [1.29, 1.82) is 0 Å². The molecule has 3 rings (SSSR count). The van der Waals surface area contributed by atoms with Gasteiger partial charge in [0, 0.05) is 31.6 Å². The van der Waals surface area contributed by atoms with Crippen molar-refractivity contribution in [3.8, 4) is 0 Å². The number of esters is 3. The second-order valence-corrected chi connectivity index (χ2v) is 5.52. The normalized spacial score (nSPS) is 42.7. The molecule has 0 aromatic carbocycles. The molecule has 1 saturated heterocycles. The zero-order valence-electron chi connectivity index (χ0n) is 10.8. The number of ether oxygens (including phenoxy) is 3. The highest BCUT2D eigenvalue weighted by atomic mass is 16.6. The first-order valence-corrected chi connectivity index (χ1v) is 6.50. The first-order chi connectivity index (χ1) is 8.99. The Morgan fingerprint density at radius 3 is 2.47 bits per heavy atom. The lowest BCUT2D eigenvalue weighted by molar-refractivity contribution is -0.155. The predicted molar refractivity (Wildman–Crippen MR) is 60.6 cm³/mol. The first kappa shape index (κ1) is 12.4. The van der Waals surface area contributed by atoms with Crippen LogP contribution in [-0.4, -0.2) is 36.7 Å². The molecule has 2 bridgehead atoms. The Morgan fingerprint density at radius 1 is 1.16 bits per heavy atom. The van der Waals surface area contributed by atoms with Gasteiger partial charge in [-0.2, -0.15) is 0 Å². The highest BCUT2D eigenvalue weighted by molar-refractivity contribution is 5.77. The minimum Gasteiger partial charge on any atom is -0.465 e. The monoisotopic (exact) mass is 268 g/mol. The molecule has 3 aliphatic rings. The van der Waals surface area contributed by atoms with E-state index in [0.29, 0.717) is 13.0 Å². The van der Waals surface area contributed by atoms with Crippen molar-refractivity contribution < 1.29 is 28.6 Å². The summed E-state index contributed by atoms with van der Waals surface area (Å²) in [4.78, 5) is 34.1. The topological polar surface area (TPSA) is 78.9 Å². The van der Waals surface area contributed by atoms with Crippen molar-refractivity contribution in [1.82, 2.24) is 0 Å². The number of carbonyl (C=O) groups is 3. The van der Waals surface area contributed by atoms with Gasteiger partial charge in [0.25, 0.3) is 0 Å². The molecule has 19 heavy (non-hydrogen) atoms. The number of carbonyl (C=O) groups excluding carboxylic acids is 3. The molecule has 2 saturated carbocycles. The van der Waals surface area contributed by atoms with Crippen LogP contribution < -0.4 is 0 Å². The summed E-state index contributed by atoms with van der Waals surface area (Å²) < 4.78 is 15.7. The van der Waals surface area contributed by atoms with Crippen molar-refractivity contribution in [3.63, 3.8) is 0 Å². The number of rotatable bonds is 2. The Balaban J connectivity index is 1.85. The second kappa shape index (κ2) is 4.21. The average molecular weight is 268 g/mol. The molecule has 1 heterocycles. The average Bonchev–Trinajstić information content (AvgIpc) is 2.89. The van der Waals surface area contributed by atoms with E-state index in [1.807, 2.05) is 0 Å². The van der Waals surface area contributed by atoms with E-state index in [0.717, 1.165) is 0 Å². The van der Waals surface area contributed by atoms with Crippen molar-refractivity contribution in [2.24, 2.45) is 23.7 Å². The fraction of sp³-hybridized carbons (Fsp3) is 0.769. The maximum absolute atomic E-state index is 11.7. The van der Waals surface area contributed by atoms with E-state index >= 15 is 0 Å². The molecule has 6 nitrogen and oxygen atoms in total. The maximum atomic E-state index is 11.7. The van der Waals surface area contributed by atoms with E-state index in [9.17, 15) is 14.4 Å². The number of cyclic esters (lactones) is 1. The second-order valence-electron chi connectivity index (χ2n) is 5.52. The minimum atomic E-state index is -0.364. The van der Waals surface area contributed by atoms with Crippen LogP contribution in [0.2, 0.25) is 0 Å². The van der Waals surface area contributed by atoms with Crippen LogP contribution in [-0.2, 0) is 28.6 Å². The summed E-state index contributed by atoms with van der Waals surface area (Å²) in [6.45, 7) is 3.05. The molecule has 0 radical (unpaired) electrons. The summed E-state index contributed by atoms with van der Waals surface area (Å²) in [6, 6.07) is 0. The summed E-state index contributed by atoms with van der Waals surface area (Å²) in [5, 5.41) is 0. The van der Waals surface area contributed by atoms with Gasteiger partial charge in [0.15, 0.2) is 0 Å². The molecule has 3 fully saturated rings. The van der Waals surface area contributed by atoms with E-state index in [1.54, 1.807) is 0 Å². The van der Waals surface area contributed by atoms with E-state index in [1.165, 1.54) is 13.8 Å². The van der Waals surface area contributed by atoms with Gasteiger partial charge in [-0.3, -0.25) is 14.4 Å². The highest BCUT2D eigenvalue weighted by Gasteiger charge is 2.66. The standard InChI is InChI=1S/C13H16O6/c1-5(14)18-9-3-7-10-8(4-17-13(10)16)11(9)12(7)19-6(2)15/h7-12H,3-4H2,1-2H3/t7-,8+,9-,10+,11+,12+/m1/s1. The largest absolute Gasteiger partial charge is 0.465 e. The van der Waals surface area contributed by atoms with E-state index in [4.69, 9.17) is 14.2 Å². The van der Waals surface area contributed by atoms with Gasteiger partial charge in [0.1, 0.15) is 12.2 Å². The molecule has 0 N–H and O–H groups in total. The van der Waals surface area contributed by atoms with Crippen LogP contribution >= 0.6 is 0 Å². The Morgan fingerprint density at radius 2 is 1.84 bits per heavy atom. The van der Waals surface area contributed by atoms with Crippen LogP contribution in [0.3, 0.4) is 0 Å². The number of hydrogen-bond acceptors (Lipinski definition) is 6. The lowest BCUT2D eigenvalue weighted by atomic mass is 9.80. The predicted octanol–water partition coefficient (Wildman–Crippen LogP) is 0.289. The summed E-state index contributed by atoms with van der Waals surface area (Å²) in [5.74, 6) is -1.33. The van der Waals surface area contributed by atoms with E-state index in [2.05, 4.69) is 0 Å². The molecule has 0 aromatic heterocycles. The third-order valence-corrected chi connectivity index (χ3v) is 4.46. The van der Waals surface area contributed by atoms with Crippen LogP contribution in [0.1, 0.15) is 20.3 Å². The number of hydrogen-bond donors (Lipinski definition) is 0. The highest BCUT2D eigenvalue weighted by Crippen LogP contribution is 2.57. The van der Waals surface area contributed by atoms with Crippen molar-refractivity contribution >= 4 is 17.9 Å². The third kappa shape index (κ3) is 1.81. The lowest BCUT2D eigenvalue weighted by Crippen LogP contribution is -2.35.